The first-order valence-corrected chi connectivity index (χ1v) is 6.19. The second kappa shape index (κ2) is 5.27. The summed E-state index contributed by atoms with van der Waals surface area (Å²) in [6.07, 6.45) is 3.18. The number of hydrogen-bond donors (Lipinski definition) is 1. The molecule has 1 N–H and O–H groups in total. The fourth-order valence-electron chi connectivity index (χ4n) is 2.07. The van der Waals surface area contributed by atoms with Crippen molar-refractivity contribution >= 4 is 5.65 Å². The van der Waals surface area contributed by atoms with E-state index in [-0.39, 0.29) is 0 Å². The second-order valence-electron chi connectivity index (χ2n) is 4.96. The fraction of sp³-hybridized carbons (Fsp3) is 0.538. The Bertz CT molecular complexity index is 475. The molecule has 92 valence electrons. The summed E-state index contributed by atoms with van der Waals surface area (Å²) < 4.78 is 2.02. The molecule has 0 aromatic carbocycles. The topological polar surface area (TPSA) is 42.2 Å². The molecule has 0 fully saturated rings. The van der Waals surface area contributed by atoms with E-state index >= 15 is 0 Å². The van der Waals surface area contributed by atoms with Crippen LogP contribution in [0.5, 0.6) is 0 Å². The van der Waals surface area contributed by atoms with Gasteiger partial charge < -0.3 is 5.32 Å². The molecule has 4 nitrogen and oxygen atoms in total. The zero-order valence-corrected chi connectivity index (χ0v) is 10.7. The summed E-state index contributed by atoms with van der Waals surface area (Å²) in [5, 5.41) is 11.8. The van der Waals surface area contributed by atoms with Crippen LogP contribution in [0, 0.1) is 5.92 Å². The Morgan fingerprint density at radius 2 is 2.06 bits per heavy atom. The van der Waals surface area contributed by atoms with Crippen LogP contribution in [-0.4, -0.2) is 20.6 Å². The maximum absolute atomic E-state index is 4.20. The number of hydrogen-bond acceptors (Lipinski definition) is 3. The first-order chi connectivity index (χ1) is 8.16. The van der Waals surface area contributed by atoms with Crippen LogP contribution < -0.4 is 5.32 Å². The molecule has 2 aromatic rings. The van der Waals surface area contributed by atoms with Crippen LogP contribution in [0.3, 0.4) is 0 Å². The van der Waals surface area contributed by atoms with Gasteiger partial charge in [-0.1, -0.05) is 19.9 Å². The highest BCUT2D eigenvalue weighted by Crippen LogP contribution is 2.06. The number of nitrogens with one attached hydrogen (secondary N) is 1. The van der Waals surface area contributed by atoms with Gasteiger partial charge in [0.15, 0.2) is 11.5 Å². The molecule has 0 aliphatic heterocycles. The second-order valence-corrected chi connectivity index (χ2v) is 4.96. The normalized spacial score (nSPS) is 13.4. The highest BCUT2D eigenvalue weighted by molar-refractivity contribution is 5.36. The molecule has 2 aromatic heterocycles. The Labute approximate surface area is 102 Å². The van der Waals surface area contributed by atoms with Gasteiger partial charge in [-0.15, -0.1) is 10.2 Å². The first-order valence-electron chi connectivity index (χ1n) is 6.19. The van der Waals surface area contributed by atoms with Gasteiger partial charge in [0.1, 0.15) is 0 Å². The molecule has 0 saturated carbocycles. The van der Waals surface area contributed by atoms with Crippen molar-refractivity contribution in [3.8, 4) is 0 Å². The summed E-state index contributed by atoms with van der Waals surface area (Å²) in [6, 6.07) is 6.44. The van der Waals surface area contributed by atoms with Crippen LogP contribution in [0.1, 0.15) is 33.0 Å². The quantitative estimate of drug-likeness (QED) is 0.859. The molecule has 0 aliphatic carbocycles. The predicted molar refractivity (Wildman–Crippen MR) is 68.7 cm³/mol. The minimum absolute atomic E-state index is 0.506. The predicted octanol–water partition coefficient (Wildman–Crippen LogP) is 2.25. The van der Waals surface area contributed by atoms with Crippen molar-refractivity contribution in [3.05, 3.63) is 30.2 Å². The van der Waals surface area contributed by atoms with Crippen LogP contribution in [0.4, 0.5) is 0 Å². The lowest BCUT2D eigenvalue weighted by atomic mass is 10.1. The van der Waals surface area contributed by atoms with Gasteiger partial charge in [0, 0.05) is 12.2 Å². The van der Waals surface area contributed by atoms with Crippen LogP contribution >= 0.6 is 0 Å². The molecule has 4 heteroatoms. The number of nitrogens with zero attached hydrogens (tertiary/aromatic N) is 3. The summed E-state index contributed by atoms with van der Waals surface area (Å²) in [5.74, 6) is 1.68. The minimum Gasteiger partial charge on any atom is -0.307 e. The monoisotopic (exact) mass is 232 g/mol. The lowest BCUT2D eigenvalue weighted by Crippen LogP contribution is -2.27. The zero-order chi connectivity index (χ0) is 12.3. The van der Waals surface area contributed by atoms with Crippen LogP contribution in [0.2, 0.25) is 0 Å². The number of aromatic nitrogens is 3. The Morgan fingerprint density at radius 3 is 2.82 bits per heavy atom. The van der Waals surface area contributed by atoms with Crippen molar-refractivity contribution in [2.75, 3.05) is 0 Å². The summed E-state index contributed by atoms with van der Waals surface area (Å²) in [6.45, 7) is 7.46. The van der Waals surface area contributed by atoms with E-state index in [2.05, 4.69) is 36.3 Å². The van der Waals surface area contributed by atoms with E-state index in [9.17, 15) is 0 Å². The van der Waals surface area contributed by atoms with E-state index in [4.69, 9.17) is 0 Å². The minimum atomic E-state index is 0.506. The molecular formula is C13H20N4. The third-order valence-electron chi connectivity index (χ3n) is 2.82. The highest BCUT2D eigenvalue weighted by Gasteiger charge is 2.07. The van der Waals surface area contributed by atoms with E-state index in [0.29, 0.717) is 12.0 Å². The van der Waals surface area contributed by atoms with E-state index in [1.54, 1.807) is 0 Å². The SMILES string of the molecule is CC(C)C[C@@H](C)NCc1nnc2ccccn12. The molecular weight excluding hydrogens is 212 g/mol. The molecule has 0 radical (unpaired) electrons. The largest absolute Gasteiger partial charge is 0.307 e. The van der Waals surface area contributed by atoms with Crippen molar-refractivity contribution < 1.29 is 0 Å². The van der Waals surface area contributed by atoms with E-state index in [1.165, 1.54) is 6.42 Å². The maximum Gasteiger partial charge on any atom is 0.160 e. The Hall–Kier alpha value is -1.42. The first kappa shape index (κ1) is 12.0. The lowest BCUT2D eigenvalue weighted by molar-refractivity contribution is 0.436. The molecule has 1 atom stereocenters. The maximum atomic E-state index is 4.20. The standard InChI is InChI=1S/C13H20N4/c1-10(2)8-11(3)14-9-13-16-15-12-6-4-5-7-17(12)13/h4-7,10-11,14H,8-9H2,1-3H3/t11-/m1/s1. The van der Waals surface area contributed by atoms with Crippen LogP contribution in [-0.2, 0) is 6.54 Å². The van der Waals surface area contributed by atoms with Crippen molar-refractivity contribution in [1.29, 1.82) is 0 Å². The van der Waals surface area contributed by atoms with Crippen molar-refractivity contribution in [3.63, 3.8) is 0 Å². The van der Waals surface area contributed by atoms with Gasteiger partial charge in [-0.3, -0.25) is 4.40 Å². The molecule has 0 saturated heterocycles. The third kappa shape index (κ3) is 3.03. The molecule has 0 aliphatic rings. The smallest absolute Gasteiger partial charge is 0.160 e. The number of rotatable bonds is 5. The number of pyridine rings is 1. The lowest BCUT2D eigenvalue weighted by Gasteiger charge is -2.15. The molecule has 2 rings (SSSR count). The van der Waals surface area contributed by atoms with Crippen LogP contribution in [0.15, 0.2) is 24.4 Å². The van der Waals surface area contributed by atoms with Gasteiger partial charge in [-0.05, 0) is 31.4 Å². The van der Waals surface area contributed by atoms with E-state index in [1.807, 2.05) is 28.8 Å². The van der Waals surface area contributed by atoms with Crippen LogP contribution in [0.25, 0.3) is 5.65 Å². The van der Waals surface area contributed by atoms with Gasteiger partial charge in [0.05, 0.1) is 6.54 Å². The summed E-state index contributed by atoms with van der Waals surface area (Å²) in [5.41, 5.74) is 0.904. The molecule has 0 bridgehead atoms. The van der Waals surface area contributed by atoms with Gasteiger partial charge in [-0.25, -0.2) is 0 Å². The van der Waals surface area contributed by atoms with Crippen molar-refractivity contribution in [2.24, 2.45) is 5.92 Å². The Kier molecular flexibility index (Phi) is 3.74. The fourth-order valence-corrected chi connectivity index (χ4v) is 2.07. The Morgan fingerprint density at radius 1 is 1.24 bits per heavy atom. The highest BCUT2D eigenvalue weighted by atomic mass is 15.3. The zero-order valence-electron chi connectivity index (χ0n) is 10.7. The molecule has 0 amide bonds. The van der Waals surface area contributed by atoms with Crippen molar-refractivity contribution in [2.45, 2.75) is 39.8 Å². The van der Waals surface area contributed by atoms with E-state index in [0.717, 1.165) is 18.0 Å². The average molecular weight is 232 g/mol. The summed E-state index contributed by atoms with van der Waals surface area (Å²) >= 11 is 0. The molecule has 17 heavy (non-hydrogen) atoms. The van der Waals surface area contributed by atoms with Gasteiger partial charge in [0.2, 0.25) is 0 Å². The molecule has 0 spiro atoms. The average Bonchev–Trinajstić information content (AvgIpc) is 2.69. The summed E-state index contributed by atoms with van der Waals surface area (Å²) in [7, 11) is 0. The Balaban J connectivity index is 1.99. The third-order valence-corrected chi connectivity index (χ3v) is 2.82. The van der Waals surface area contributed by atoms with E-state index < -0.39 is 0 Å². The van der Waals surface area contributed by atoms with Gasteiger partial charge in [0.25, 0.3) is 0 Å². The van der Waals surface area contributed by atoms with Gasteiger partial charge >= 0.3 is 0 Å². The van der Waals surface area contributed by atoms with Crippen molar-refractivity contribution in [1.82, 2.24) is 19.9 Å². The summed E-state index contributed by atoms with van der Waals surface area (Å²) in [4.78, 5) is 0. The molecule has 0 unspecified atom stereocenters. The van der Waals surface area contributed by atoms with Gasteiger partial charge in [-0.2, -0.15) is 0 Å². The molecule has 2 heterocycles. The number of fused-ring (bicyclic) bond motifs is 1.